The minimum Gasteiger partial charge on any atom is -0.481 e. The van der Waals surface area contributed by atoms with Gasteiger partial charge in [0.15, 0.2) is 9.84 Å². The second kappa shape index (κ2) is 6.07. The quantitative estimate of drug-likeness (QED) is 0.897. The number of rotatable bonds is 4. The van der Waals surface area contributed by atoms with Crippen molar-refractivity contribution in [3.8, 4) is 0 Å². The zero-order chi connectivity index (χ0) is 15.6. The molecule has 0 amide bonds. The molecule has 1 aromatic rings. The van der Waals surface area contributed by atoms with E-state index < -0.39 is 33.5 Å². The van der Waals surface area contributed by atoms with Crippen LogP contribution in [0.5, 0.6) is 0 Å². The number of halogens is 2. The standard InChI is InChI=1S/C13H15F2NO4S/c14-10-1-2-12(15)9(5-10)7-16-3-4-21(19,20)8-11(16)6-13(17)18/h1-2,5,11H,3-4,6-8H2,(H,17,18). The average molecular weight is 319 g/mol. The Hall–Kier alpha value is -1.54. The van der Waals surface area contributed by atoms with Crippen LogP contribution in [-0.4, -0.2) is 48.5 Å². The van der Waals surface area contributed by atoms with Crippen LogP contribution < -0.4 is 0 Å². The summed E-state index contributed by atoms with van der Waals surface area (Å²) >= 11 is 0. The third kappa shape index (κ3) is 4.21. The van der Waals surface area contributed by atoms with E-state index >= 15 is 0 Å². The van der Waals surface area contributed by atoms with Gasteiger partial charge in [-0.25, -0.2) is 17.2 Å². The predicted molar refractivity (Wildman–Crippen MR) is 71.5 cm³/mol. The fourth-order valence-electron chi connectivity index (χ4n) is 2.40. The van der Waals surface area contributed by atoms with Crippen molar-refractivity contribution in [1.82, 2.24) is 4.90 Å². The van der Waals surface area contributed by atoms with Crippen LogP contribution in [0.2, 0.25) is 0 Å². The Morgan fingerprint density at radius 1 is 1.38 bits per heavy atom. The van der Waals surface area contributed by atoms with Crippen molar-refractivity contribution in [3.05, 3.63) is 35.4 Å². The summed E-state index contributed by atoms with van der Waals surface area (Å²) in [6, 6.07) is 2.30. The molecule has 1 unspecified atom stereocenters. The number of nitrogens with zero attached hydrogens (tertiary/aromatic N) is 1. The van der Waals surface area contributed by atoms with Gasteiger partial charge in [-0.3, -0.25) is 9.69 Å². The van der Waals surface area contributed by atoms with E-state index in [1.165, 1.54) is 0 Å². The van der Waals surface area contributed by atoms with Crippen LogP contribution in [0.25, 0.3) is 0 Å². The lowest BCUT2D eigenvalue weighted by molar-refractivity contribution is -0.138. The van der Waals surface area contributed by atoms with Gasteiger partial charge in [-0.1, -0.05) is 0 Å². The molecule has 21 heavy (non-hydrogen) atoms. The van der Waals surface area contributed by atoms with Crippen LogP contribution in [0, 0.1) is 11.6 Å². The Kier molecular flexibility index (Phi) is 4.58. The molecule has 0 spiro atoms. The summed E-state index contributed by atoms with van der Waals surface area (Å²) in [4.78, 5) is 12.4. The molecular formula is C13H15F2NO4S. The largest absolute Gasteiger partial charge is 0.481 e. The molecule has 1 aliphatic rings. The first-order chi connectivity index (χ1) is 9.77. The lowest BCUT2D eigenvalue weighted by Crippen LogP contribution is -2.48. The minimum absolute atomic E-state index is 0.0168. The summed E-state index contributed by atoms with van der Waals surface area (Å²) in [5.74, 6) is -2.71. The molecule has 5 nitrogen and oxygen atoms in total. The van der Waals surface area contributed by atoms with Crippen LogP contribution >= 0.6 is 0 Å². The lowest BCUT2D eigenvalue weighted by Gasteiger charge is -2.34. The smallest absolute Gasteiger partial charge is 0.304 e. The SMILES string of the molecule is O=C(O)CC1CS(=O)(=O)CCN1Cc1cc(F)ccc1F. The molecule has 1 aromatic carbocycles. The summed E-state index contributed by atoms with van der Waals surface area (Å²) < 4.78 is 50.0. The van der Waals surface area contributed by atoms with Crippen molar-refractivity contribution in [2.45, 2.75) is 19.0 Å². The zero-order valence-corrected chi connectivity index (χ0v) is 11.9. The third-order valence-electron chi connectivity index (χ3n) is 3.44. The van der Waals surface area contributed by atoms with Crippen molar-refractivity contribution in [2.75, 3.05) is 18.1 Å². The minimum atomic E-state index is -3.29. The Balaban J connectivity index is 2.20. The van der Waals surface area contributed by atoms with Gasteiger partial charge in [-0.05, 0) is 18.2 Å². The van der Waals surface area contributed by atoms with E-state index in [0.29, 0.717) is 0 Å². The second-order valence-corrected chi connectivity index (χ2v) is 7.30. The summed E-state index contributed by atoms with van der Waals surface area (Å²) in [6.45, 7) is 0.0906. The van der Waals surface area contributed by atoms with E-state index in [9.17, 15) is 22.0 Å². The fraction of sp³-hybridized carbons (Fsp3) is 0.462. The predicted octanol–water partition coefficient (Wildman–Crippen LogP) is 1.04. The molecule has 1 fully saturated rings. The molecule has 1 aliphatic heterocycles. The number of carboxylic acid groups (broad SMARTS) is 1. The number of carbonyl (C=O) groups is 1. The van der Waals surface area contributed by atoms with Crippen LogP contribution in [0.1, 0.15) is 12.0 Å². The third-order valence-corrected chi connectivity index (χ3v) is 5.14. The van der Waals surface area contributed by atoms with Gasteiger partial charge in [0.05, 0.1) is 17.9 Å². The molecule has 0 bridgehead atoms. The Bertz CT molecular complexity index is 648. The average Bonchev–Trinajstić information content (AvgIpc) is 2.35. The lowest BCUT2D eigenvalue weighted by atomic mass is 10.1. The van der Waals surface area contributed by atoms with E-state index in [4.69, 9.17) is 5.11 Å². The fourth-order valence-corrected chi connectivity index (χ4v) is 4.00. The number of sulfone groups is 1. The van der Waals surface area contributed by atoms with Gasteiger partial charge in [-0.15, -0.1) is 0 Å². The van der Waals surface area contributed by atoms with Gasteiger partial charge < -0.3 is 5.11 Å². The summed E-state index contributed by atoms with van der Waals surface area (Å²) in [5.41, 5.74) is 0.0877. The van der Waals surface area contributed by atoms with Crippen molar-refractivity contribution < 1.29 is 27.1 Å². The maximum absolute atomic E-state index is 13.6. The molecule has 1 saturated heterocycles. The first kappa shape index (κ1) is 15.8. The van der Waals surface area contributed by atoms with Gasteiger partial charge in [0.25, 0.3) is 0 Å². The van der Waals surface area contributed by atoms with Crippen LogP contribution in [0.15, 0.2) is 18.2 Å². The van der Waals surface area contributed by atoms with Gasteiger partial charge in [0.1, 0.15) is 11.6 Å². The number of benzene rings is 1. The molecule has 116 valence electrons. The molecule has 0 radical (unpaired) electrons. The number of aliphatic carboxylic acids is 1. The van der Waals surface area contributed by atoms with Crippen LogP contribution in [-0.2, 0) is 21.2 Å². The Morgan fingerprint density at radius 3 is 2.76 bits per heavy atom. The number of hydrogen-bond acceptors (Lipinski definition) is 4. The van der Waals surface area contributed by atoms with E-state index in [1.54, 1.807) is 4.90 Å². The zero-order valence-electron chi connectivity index (χ0n) is 11.1. The first-order valence-corrected chi connectivity index (χ1v) is 8.19. The molecule has 1 atom stereocenters. The topological polar surface area (TPSA) is 74.7 Å². The van der Waals surface area contributed by atoms with Gasteiger partial charge in [-0.2, -0.15) is 0 Å². The van der Waals surface area contributed by atoms with Crippen molar-refractivity contribution in [2.24, 2.45) is 0 Å². The monoisotopic (exact) mass is 319 g/mol. The highest BCUT2D eigenvalue weighted by Crippen LogP contribution is 2.20. The highest BCUT2D eigenvalue weighted by atomic mass is 32.2. The van der Waals surface area contributed by atoms with E-state index in [2.05, 4.69) is 0 Å². The molecular weight excluding hydrogens is 304 g/mol. The maximum Gasteiger partial charge on any atom is 0.304 e. The van der Waals surface area contributed by atoms with Crippen molar-refractivity contribution in [1.29, 1.82) is 0 Å². The van der Waals surface area contributed by atoms with Gasteiger partial charge in [0.2, 0.25) is 0 Å². The Labute approximate surface area is 121 Å². The molecule has 0 aliphatic carbocycles. The first-order valence-electron chi connectivity index (χ1n) is 6.37. The summed E-state index contributed by atoms with van der Waals surface area (Å²) in [7, 11) is -3.29. The highest BCUT2D eigenvalue weighted by Gasteiger charge is 2.32. The molecule has 1 heterocycles. The van der Waals surface area contributed by atoms with Crippen molar-refractivity contribution >= 4 is 15.8 Å². The van der Waals surface area contributed by atoms with E-state index in [1.807, 2.05) is 0 Å². The highest BCUT2D eigenvalue weighted by molar-refractivity contribution is 7.91. The molecule has 0 saturated carbocycles. The van der Waals surface area contributed by atoms with Crippen LogP contribution in [0.3, 0.4) is 0 Å². The number of carboxylic acids is 1. The molecule has 2 rings (SSSR count). The van der Waals surface area contributed by atoms with Gasteiger partial charge in [0, 0.05) is 24.7 Å². The van der Waals surface area contributed by atoms with Crippen molar-refractivity contribution in [3.63, 3.8) is 0 Å². The van der Waals surface area contributed by atoms with E-state index in [0.717, 1.165) is 18.2 Å². The van der Waals surface area contributed by atoms with Crippen LogP contribution in [0.4, 0.5) is 8.78 Å². The molecule has 0 aromatic heterocycles. The van der Waals surface area contributed by atoms with Gasteiger partial charge >= 0.3 is 5.97 Å². The van der Waals surface area contributed by atoms with E-state index in [-0.39, 0.29) is 36.6 Å². The molecule has 8 heteroatoms. The summed E-state index contributed by atoms with van der Waals surface area (Å²) in [5, 5.41) is 8.86. The summed E-state index contributed by atoms with van der Waals surface area (Å²) in [6.07, 6.45) is -0.351. The second-order valence-electron chi connectivity index (χ2n) is 5.07. The number of hydrogen-bond donors (Lipinski definition) is 1. The maximum atomic E-state index is 13.6. The Morgan fingerprint density at radius 2 is 2.10 bits per heavy atom. The normalized spacial score (nSPS) is 22.1. The molecule has 1 N–H and O–H groups in total.